The quantitative estimate of drug-likeness (QED) is 0.834. The first kappa shape index (κ1) is 16.8. The molecule has 0 aliphatic heterocycles. The number of halogens is 1. The Balaban J connectivity index is 1.61. The molecule has 1 fully saturated rings. The van der Waals surface area contributed by atoms with Gasteiger partial charge < -0.3 is 10.6 Å². The Morgan fingerprint density at radius 3 is 2.54 bits per heavy atom. The van der Waals surface area contributed by atoms with Gasteiger partial charge in [0.15, 0.2) is 0 Å². The van der Waals surface area contributed by atoms with Gasteiger partial charge >= 0.3 is 0 Å². The van der Waals surface area contributed by atoms with E-state index in [2.05, 4.69) is 15.6 Å². The summed E-state index contributed by atoms with van der Waals surface area (Å²) in [5.41, 5.74) is 3.21. The molecule has 1 aliphatic rings. The molecule has 126 valence electrons. The van der Waals surface area contributed by atoms with Crippen LogP contribution in [-0.4, -0.2) is 16.9 Å². The van der Waals surface area contributed by atoms with Crippen LogP contribution < -0.4 is 10.6 Å². The summed E-state index contributed by atoms with van der Waals surface area (Å²) in [6.07, 6.45) is 7.47. The summed E-state index contributed by atoms with van der Waals surface area (Å²) in [5, 5.41) is 7.04. The lowest BCUT2D eigenvalue weighted by atomic mass is 9.95. The molecule has 0 atom stereocenters. The molecular formula is C19H22ClN3O. The third kappa shape index (κ3) is 4.26. The van der Waals surface area contributed by atoms with Gasteiger partial charge in [-0.2, -0.15) is 0 Å². The first-order valence-electron chi connectivity index (χ1n) is 8.42. The van der Waals surface area contributed by atoms with Gasteiger partial charge in [-0.3, -0.25) is 4.79 Å². The highest BCUT2D eigenvalue weighted by Gasteiger charge is 2.17. The van der Waals surface area contributed by atoms with Crippen LogP contribution in [0.15, 0.2) is 36.5 Å². The Kier molecular flexibility index (Phi) is 5.36. The van der Waals surface area contributed by atoms with Crippen LogP contribution in [0.1, 0.15) is 48.2 Å². The number of rotatable bonds is 4. The summed E-state index contributed by atoms with van der Waals surface area (Å²) in [6.45, 7) is 1.97. The van der Waals surface area contributed by atoms with Crippen LogP contribution in [0.4, 0.5) is 11.4 Å². The number of pyridine rings is 1. The fraction of sp³-hybridized carbons (Fsp3) is 0.368. The van der Waals surface area contributed by atoms with Gasteiger partial charge in [-0.1, -0.05) is 36.9 Å². The lowest BCUT2D eigenvalue weighted by Gasteiger charge is -2.22. The van der Waals surface area contributed by atoms with E-state index in [4.69, 9.17) is 11.6 Å². The zero-order chi connectivity index (χ0) is 16.9. The highest BCUT2D eigenvalue weighted by molar-refractivity contribution is 6.31. The predicted octanol–water partition coefficient (Wildman–Crippen LogP) is 4.85. The second kappa shape index (κ2) is 7.67. The molecule has 0 bridgehead atoms. The molecule has 5 heteroatoms. The van der Waals surface area contributed by atoms with Crippen molar-refractivity contribution in [3.05, 3.63) is 52.8 Å². The third-order valence-electron chi connectivity index (χ3n) is 4.40. The molecule has 1 aromatic carbocycles. The monoisotopic (exact) mass is 343 g/mol. The minimum Gasteiger partial charge on any atom is -0.354 e. The molecule has 0 spiro atoms. The summed E-state index contributed by atoms with van der Waals surface area (Å²) in [4.78, 5) is 16.5. The lowest BCUT2D eigenvalue weighted by Crippen LogP contribution is -2.36. The summed E-state index contributed by atoms with van der Waals surface area (Å²) >= 11 is 6.13. The van der Waals surface area contributed by atoms with Gasteiger partial charge in [-0.15, -0.1) is 0 Å². The minimum atomic E-state index is -0.0909. The number of benzene rings is 1. The molecule has 1 heterocycles. The number of hydrogen-bond acceptors (Lipinski definition) is 3. The van der Waals surface area contributed by atoms with Crippen molar-refractivity contribution in [2.24, 2.45) is 0 Å². The summed E-state index contributed by atoms with van der Waals surface area (Å²) < 4.78 is 0. The van der Waals surface area contributed by atoms with Gasteiger partial charge in [0.05, 0.1) is 11.9 Å². The van der Waals surface area contributed by atoms with E-state index in [-0.39, 0.29) is 5.91 Å². The zero-order valence-corrected chi connectivity index (χ0v) is 14.6. The van der Waals surface area contributed by atoms with Crippen LogP contribution in [0, 0.1) is 6.92 Å². The summed E-state index contributed by atoms with van der Waals surface area (Å²) in [6, 6.07) is 9.70. The van der Waals surface area contributed by atoms with E-state index in [1.54, 1.807) is 12.3 Å². The molecule has 0 saturated heterocycles. The number of nitrogens with one attached hydrogen (secondary N) is 2. The van der Waals surface area contributed by atoms with Gasteiger partial charge in [0, 0.05) is 16.8 Å². The predicted molar refractivity (Wildman–Crippen MR) is 98.0 cm³/mol. The van der Waals surface area contributed by atoms with Crippen molar-refractivity contribution in [2.75, 3.05) is 5.32 Å². The second-order valence-corrected chi connectivity index (χ2v) is 6.74. The fourth-order valence-corrected chi connectivity index (χ4v) is 3.13. The lowest BCUT2D eigenvalue weighted by molar-refractivity contribution is 0.0922. The van der Waals surface area contributed by atoms with E-state index in [9.17, 15) is 4.79 Å². The van der Waals surface area contributed by atoms with Crippen molar-refractivity contribution in [3.8, 4) is 0 Å². The molecule has 24 heavy (non-hydrogen) atoms. The molecule has 0 radical (unpaired) electrons. The van der Waals surface area contributed by atoms with E-state index in [1.165, 1.54) is 19.3 Å². The molecule has 0 unspecified atom stereocenters. The standard InChI is InChI=1S/C19H22ClN3O/c1-13-7-8-15(11-17(13)20)22-16-9-10-18(21-12-16)19(24)23-14-5-3-2-4-6-14/h7-12,14,22H,2-6H2,1H3,(H,23,24). The number of carbonyl (C=O) groups is 1. The van der Waals surface area contributed by atoms with Gasteiger partial charge in [0.25, 0.3) is 5.91 Å². The van der Waals surface area contributed by atoms with Crippen LogP contribution in [-0.2, 0) is 0 Å². The number of nitrogens with zero attached hydrogens (tertiary/aromatic N) is 1. The van der Waals surface area contributed by atoms with Crippen molar-refractivity contribution >= 4 is 28.9 Å². The smallest absolute Gasteiger partial charge is 0.270 e. The number of carbonyl (C=O) groups excluding carboxylic acids is 1. The maximum Gasteiger partial charge on any atom is 0.270 e. The SMILES string of the molecule is Cc1ccc(Nc2ccc(C(=O)NC3CCCCC3)nc2)cc1Cl. The molecule has 1 aromatic heterocycles. The van der Waals surface area contributed by atoms with Crippen molar-refractivity contribution in [1.82, 2.24) is 10.3 Å². The van der Waals surface area contributed by atoms with Crippen molar-refractivity contribution in [1.29, 1.82) is 0 Å². The Bertz CT molecular complexity index is 709. The zero-order valence-electron chi connectivity index (χ0n) is 13.8. The van der Waals surface area contributed by atoms with Gasteiger partial charge in [-0.05, 0) is 49.6 Å². The number of amides is 1. The molecule has 3 rings (SSSR count). The van der Waals surface area contributed by atoms with Crippen LogP contribution in [0.2, 0.25) is 5.02 Å². The van der Waals surface area contributed by atoms with Crippen LogP contribution in [0.5, 0.6) is 0 Å². The van der Waals surface area contributed by atoms with E-state index in [1.807, 2.05) is 31.2 Å². The highest BCUT2D eigenvalue weighted by Crippen LogP contribution is 2.23. The largest absolute Gasteiger partial charge is 0.354 e. The minimum absolute atomic E-state index is 0.0909. The first-order chi connectivity index (χ1) is 11.6. The van der Waals surface area contributed by atoms with Crippen LogP contribution >= 0.6 is 11.6 Å². The maximum atomic E-state index is 12.3. The molecule has 1 saturated carbocycles. The van der Waals surface area contributed by atoms with Crippen LogP contribution in [0.25, 0.3) is 0 Å². The Morgan fingerprint density at radius 2 is 1.88 bits per heavy atom. The van der Waals surface area contributed by atoms with Crippen molar-refractivity contribution in [2.45, 2.75) is 45.1 Å². The van der Waals surface area contributed by atoms with E-state index < -0.39 is 0 Å². The molecule has 2 N–H and O–H groups in total. The molecule has 1 aliphatic carbocycles. The normalized spacial score (nSPS) is 15.1. The van der Waals surface area contributed by atoms with Crippen molar-refractivity contribution < 1.29 is 4.79 Å². The topological polar surface area (TPSA) is 54.0 Å². The highest BCUT2D eigenvalue weighted by atomic mass is 35.5. The number of hydrogen-bond donors (Lipinski definition) is 2. The number of aromatic nitrogens is 1. The Morgan fingerprint density at radius 1 is 1.12 bits per heavy atom. The molecular weight excluding hydrogens is 322 g/mol. The summed E-state index contributed by atoms with van der Waals surface area (Å²) in [7, 11) is 0. The average molecular weight is 344 g/mol. The average Bonchev–Trinajstić information content (AvgIpc) is 2.60. The molecule has 2 aromatic rings. The fourth-order valence-electron chi connectivity index (χ4n) is 2.95. The molecule has 1 amide bonds. The second-order valence-electron chi connectivity index (χ2n) is 6.33. The van der Waals surface area contributed by atoms with Gasteiger partial charge in [0.1, 0.15) is 5.69 Å². The summed E-state index contributed by atoms with van der Waals surface area (Å²) in [5.74, 6) is -0.0909. The van der Waals surface area contributed by atoms with Gasteiger partial charge in [-0.25, -0.2) is 4.98 Å². The molecule has 4 nitrogen and oxygen atoms in total. The first-order valence-corrected chi connectivity index (χ1v) is 8.80. The maximum absolute atomic E-state index is 12.3. The van der Waals surface area contributed by atoms with E-state index >= 15 is 0 Å². The van der Waals surface area contributed by atoms with Crippen molar-refractivity contribution in [3.63, 3.8) is 0 Å². The van der Waals surface area contributed by atoms with Crippen LogP contribution in [0.3, 0.4) is 0 Å². The van der Waals surface area contributed by atoms with E-state index in [0.29, 0.717) is 11.7 Å². The Hall–Kier alpha value is -2.07. The van der Waals surface area contributed by atoms with Gasteiger partial charge in [0.2, 0.25) is 0 Å². The Labute approximate surface area is 147 Å². The number of aryl methyl sites for hydroxylation is 1. The third-order valence-corrected chi connectivity index (χ3v) is 4.80. The van der Waals surface area contributed by atoms with E-state index in [0.717, 1.165) is 34.8 Å². The number of anilines is 2.